The number of likely N-dealkylation sites (N-methyl/N-ethyl adjacent to an activating group) is 1. The van der Waals surface area contributed by atoms with Crippen molar-refractivity contribution in [2.45, 2.75) is 19.4 Å². The van der Waals surface area contributed by atoms with Gasteiger partial charge in [-0.15, -0.1) is 10.2 Å². The van der Waals surface area contributed by atoms with Crippen molar-refractivity contribution in [3.05, 3.63) is 45.9 Å². The first kappa shape index (κ1) is 14.6. The Labute approximate surface area is 121 Å². The smallest absolute Gasteiger partial charge is 0.232 e. The Morgan fingerprint density at radius 1 is 1.35 bits per heavy atom. The van der Waals surface area contributed by atoms with Gasteiger partial charge < -0.3 is 10.0 Å². The van der Waals surface area contributed by atoms with Crippen LogP contribution in [0.4, 0.5) is 0 Å². The third-order valence-corrected chi connectivity index (χ3v) is 3.82. The van der Waals surface area contributed by atoms with Gasteiger partial charge >= 0.3 is 0 Å². The maximum Gasteiger partial charge on any atom is 0.232 e. The summed E-state index contributed by atoms with van der Waals surface area (Å²) in [5.41, 5.74) is 0.820. The minimum absolute atomic E-state index is 0.119. The number of aromatic nitrogens is 2. The number of aryl methyl sites for hydroxylation is 1. The highest BCUT2D eigenvalue weighted by Crippen LogP contribution is 2.19. The molecule has 1 amide bonds. The minimum atomic E-state index is -0.532. The van der Waals surface area contributed by atoms with Gasteiger partial charge in [-0.1, -0.05) is 41.7 Å². The van der Waals surface area contributed by atoms with Crippen LogP contribution in [0.3, 0.4) is 0 Å². The molecular formula is C14H17N3O2S. The van der Waals surface area contributed by atoms with Gasteiger partial charge in [0, 0.05) is 7.05 Å². The number of hydrogen-bond acceptors (Lipinski definition) is 5. The summed E-state index contributed by atoms with van der Waals surface area (Å²) in [6.45, 7) is 2.08. The van der Waals surface area contributed by atoms with Crippen molar-refractivity contribution < 1.29 is 9.90 Å². The maximum absolute atomic E-state index is 12.4. The summed E-state index contributed by atoms with van der Waals surface area (Å²) >= 11 is 1.47. The van der Waals surface area contributed by atoms with Gasteiger partial charge in [0.25, 0.3) is 0 Å². The van der Waals surface area contributed by atoms with Crippen molar-refractivity contribution in [3.8, 4) is 0 Å². The topological polar surface area (TPSA) is 66.3 Å². The number of carbonyl (C=O) groups excluding carboxylic acids is 1. The molecule has 0 spiro atoms. The van der Waals surface area contributed by atoms with E-state index in [1.54, 1.807) is 11.9 Å². The zero-order valence-electron chi connectivity index (χ0n) is 11.5. The molecule has 1 unspecified atom stereocenters. The quantitative estimate of drug-likeness (QED) is 0.908. The third kappa shape index (κ3) is 3.40. The molecule has 0 aliphatic rings. The third-order valence-electron chi connectivity index (χ3n) is 3.00. The lowest BCUT2D eigenvalue weighted by Gasteiger charge is -2.21. The molecule has 1 N–H and O–H groups in total. The van der Waals surface area contributed by atoms with Gasteiger partial charge in [-0.25, -0.2) is 0 Å². The van der Waals surface area contributed by atoms with E-state index in [0.717, 1.165) is 15.6 Å². The number of benzene rings is 1. The maximum atomic E-state index is 12.4. The van der Waals surface area contributed by atoms with Crippen LogP contribution in [0, 0.1) is 6.92 Å². The Morgan fingerprint density at radius 2 is 2.05 bits per heavy atom. The molecule has 5 nitrogen and oxygen atoms in total. The Morgan fingerprint density at radius 3 is 2.60 bits per heavy atom. The van der Waals surface area contributed by atoms with Crippen LogP contribution < -0.4 is 0 Å². The second-order valence-electron chi connectivity index (χ2n) is 4.55. The lowest BCUT2D eigenvalue weighted by Crippen LogP contribution is -2.33. The lowest BCUT2D eigenvalue weighted by molar-refractivity contribution is -0.133. The highest BCUT2D eigenvalue weighted by atomic mass is 32.1. The molecule has 2 aromatic rings. The summed E-state index contributed by atoms with van der Waals surface area (Å²) in [6.07, 6.45) is 0. The van der Waals surface area contributed by atoms with Crippen LogP contribution in [0.1, 0.15) is 21.5 Å². The zero-order valence-corrected chi connectivity index (χ0v) is 12.3. The van der Waals surface area contributed by atoms with E-state index < -0.39 is 5.92 Å². The highest BCUT2D eigenvalue weighted by molar-refractivity contribution is 7.11. The molecule has 1 heterocycles. The molecule has 0 radical (unpaired) electrons. The van der Waals surface area contributed by atoms with Crippen molar-refractivity contribution >= 4 is 17.2 Å². The number of aliphatic hydroxyl groups excluding tert-OH is 1. The Balaban J connectivity index is 2.08. The Hall–Kier alpha value is -1.79. The summed E-state index contributed by atoms with van der Waals surface area (Å²) in [6, 6.07) is 9.30. The Bertz CT molecular complexity index is 571. The largest absolute Gasteiger partial charge is 0.395 e. The summed E-state index contributed by atoms with van der Waals surface area (Å²) in [7, 11) is 1.71. The lowest BCUT2D eigenvalue weighted by atomic mass is 9.99. The first-order valence-corrected chi connectivity index (χ1v) is 7.13. The van der Waals surface area contributed by atoms with E-state index in [0.29, 0.717) is 6.54 Å². The predicted octanol–water partition coefficient (Wildman–Crippen LogP) is 1.58. The van der Waals surface area contributed by atoms with Crippen LogP contribution >= 0.6 is 11.3 Å². The second kappa shape index (κ2) is 6.58. The van der Waals surface area contributed by atoms with E-state index >= 15 is 0 Å². The van der Waals surface area contributed by atoms with Crippen LogP contribution in [0.25, 0.3) is 0 Å². The molecule has 0 bridgehead atoms. The summed E-state index contributed by atoms with van der Waals surface area (Å²) in [5.74, 6) is -0.651. The average molecular weight is 291 g/mol. The fourth-order valence-electron chi connectivity index (χ4n) is 1.96. The van der Waals surface area contributed by atoms with Crippen LogP contribution in [0.5, 0.6) is 0 Å². The van der Waals surface area contributed by atoms with E-state index in [4.69, 9.17) is 0 Å². The molecule has 0 saturated heterocycles. The van der Waals surface area contributed by atoms with Crippen LogP contribution in [-0.2, 0) is 11.3 Å². The zero-order chi connectivity index (χ0) is 14.5. The minimum Gasteiger partial charge on any atom is -0.395 e. The normalized spacial score (nSPS) is 12.2. The summed E-state index contributed by atoms with van der Waals surface area (Å²) in [4.78, 5) is 14.0. The van der Waals surface area contributed by atoms with E-state index in [1.807, 2.05) is 37.3 Å². The number of amides is 1. The summed E-state index contributed by atoms with van der Waals surface area (Å²) < 4.78 is 0. The molecule has 0 aliphatic heterocycles. The van der Waals surface area contributed by atoms with E-state index in [9.17, 15) is 9.90 Å². The van der Waals surface area contributed by atoms with Gasteiger partial charge in [-0.2, -0.15) is 0 Å². The number of nitrogens with zero attached hydrogens (tertiary/aromatic N) is 3. The summed E-state index contributed by atoms with van der Waals surface area (Å²) in [5, 5.41) is 19.1. The van der Waals surface area contributed by atoms with Gasteiger partial charge in [0.2, 0.25) is 5.91 Å². The molecule has 106 valence electrons. The average Bonchev–Trinajstić information content (AvgIpc) is 2.86. The van der Waals surface area contributed by atoms with Gasteiger partial charge in [0.15, 0.2) is 0 Å². The van der Waals surface area contributed by atoms with Crippen LogP contribution in [-0.4, -0.2) is 39.8 Å². The molecule has 2 rings (SSSR count). The number of carbonyl (C=O) groups is 1. The van der Waals surface area contributed by atoms with Crippen LogP contribution in [0.15, 0.2) is 30.3 Å². The van der Waals surface area contributed by atoms with Crippen molar-refractivity contribution in [2.24, 2.45) is 0 Å². The first-order valence-electron chi connectivity index (χ1n) is 6.31. The Kier molecular flexibility index (Phi) is 4.81. The highest BCUT2D eigenvalue weighted by Gasteiger charge is 2.23. The molecule has 1 aromatic carbocycles. The molecule has 20 heavy (non-hydrogen) atoms. The van der Waals surface area contributed by atoms with E-state index in [1.165, 1.54) is 11.3 Å². The SMILES string of the molecule is Cc1nnc(CN(C)C(=O)C(CO)c2ccccc2)s1. The fourth-order valence-corrected chi connectivity index (χ4v) is 2.72. The van der Waals surface area contributed by atoms with Gasteiger partial charge in [-0.3, -0.25) is 4.79 Å². The van der Waals surface area contributed by atoms with Gasteiger partial charge in [-0.05, 0) is 12.5 Å². The van der Waals surface area contributed by atoms with Crippen molar-refractivity contribution in [1.29, 1.82) is 0 Å². The second-order valence-corrected chi connectivity index (χ2v) is 5.82. The van der Waals surface area contributed by atoms with Crippen molar-refractivity contribution in [2.75, 3.05) is 13.7 Å². The molecule has 0 aliphatic carbocycles. The number of hydrogen-bond donors (Lipinski definition) is 1. The van der Waals surface area contributed by atoms with Crippen molar-refractivity contribution in [3.63, 3.8) is 0 Å². The molecule has 6 heteroatoms. The number of aliphatic hydroxyl groups is 1. The fraction of sp³-hybridized carbons (Fsp3) is 0.357. The van der Waals surface area contributed by atoms with E-state index in [-0.39, 0.29) is 12.5 Å². The number of rotatable bonds is 5. The molecule has 0 fully saturated rings. The first-order chi connectivity index (χ1) is 9.61. The molecule has 1 aromatic heterocycles. The predicted molar refractivity (Wildman–Crippen MR) is 77.4 cm³/mol. The van der Waals surface area contributed by atoms with Crippen molar-refractivity contribution in [1.82, 2.24) is 15.1 Å². The molecule has 0 saturated carbocycles. The monoisotopic (exact) mass is 291 g/mol. The van der Waals surface area contributed by atoms with Crippen LogP contribution in [0.2, 0.25) is 0 Å². The van der Waals surface area contributed by atoms with E-state index in [2.05, 4.69) is 10.2 Å². The van der Waals surface area contributed by atoms with Gasteiger partial charge in [0.05, 0.1) is 19.1 Å². The molecular weight excluding hydrogens is 274 g/mol. The van der Waals surface area contributed by atoms with Gasteiger partial charge in [0.1, 0.15) is 10.0 Å². The molecule has 1 atom stereocenters. The standard InChI is InChI=1S/C14H17N3O2S/c1-10-15-16-13(20-10)8-17(2)14(19)12(9-18)11-6-4-3-5-7-11/h3-7,12,18H,8-9H2,1-2H3.